The molecular weight excluding hydrogens is 242 g/mol. The molecule has 1 nitrogen and oxygen atoms in total. The third-order valence-corrected chi connectivity index (χ3v) is 4.85. The maximum atomic E-state index is 3.78. The summed E-state index contributed by atoms with van der Waals surface area (Å²) in [4.78, 5) is 0. The second kappa shape index (κ2) is 8.46. The van der Waals surface area contributed by atoms with Gasteiger partial charge >= 0.3 is 0 Å². The fraction of sp³-hybridized carbons (Fsp3) is 0.684. The van der Waals surface area contributed by atoms with Gasteiger partial charge in [-0.3, -0.25) is 0 Å². The summed E-state index contributed by atoms with van der Waals surface area (Å²) in [6, 6.07) is 11.5. The van der Waals surface area contributed by atoms with Gasteiger partial charge in [0.2, 0.25) is 0 Å². The van der Waals surface area contributed by atoms with Crippen molar-refractivity contribution in [3.8, 4) is 0 Å². The van der Waals surface area contributed by atoms with Crippen molar-refractivity contribution >= 4 is 0 Å². The number of hydrogen-bond acceptors (Lipinski definition) is 1. The van der Waals surface area contributed by atoms with Gasteiger partial charge in [-0.15, -0.1) is 0 Å². The molecule has 0 heterocycles. The Balaban J connectivity index is 1.68. The maximum Gasteiger partial charge on any atom is 0.0105 e. The van der Waals surface area contributed by atoms with Gasteiger partial charge in [0.25, 0.3) is 0 Å². The minimum atomic E-state index is 0.637. The van der Waals surface area contributed by atoms with Crippen molar-refractivity contribution in [1.29, 1.82) is 0 Å². The zero-order chi connectivity index (χ0) is 14.2. The first kappa shape index (κ1) is 15.6. The van der Waals surface area contributed by atoms with Crippen LogP contribution in [0.5, 0.6) is 0 Å². The molecular formula is C19H31N. The zero-order valence-electron chi connectivity index (χ0n) is 13.3. The molecule has 112 valence electrons. The van der Waals surface area contributed by atoms with E-state index in [2.05, 4.69) is 49.5 Å². The highest BCUT2D eigenvalue weighted by molar-refractivity contribution is 5.15. The molecule has 1 saturated carbocycles. The van der Waals surface area contributed by atoms with Gasteiger partial charge in [0.1, 0.15) is 0 Å². The third-order valence-electron chi connectivity index (χ3n) is 4.85. The molecule has 0 amide bonds. The lowest BCUT2D eigenvalue weighted by Gasteiger charge is -2.27. The summed E-state index contributed by atoms with van der Waals surface area (Å²) >= 11 is 0. The standard InChI is InChI=1S/C19H31N/c1-3-19(15-17-9-5-4-6-10-17)20-13-12-18-11-7-8-16(2)14-18/h4-6,9-10,16,18-20H,3,7-8,11-15H2,1-2H3. The number of benzene rings is 1. The van der Waals surface area contributed by atoms with Crippen molar-refractivity contribution in [2.24, 2.45) is 11.8 Å². The van der Waals surface area contributed by atoms with Gasteiger partial charge in [-0.2, -0.15) is 0 Å². The Morgan fingerprint density at radius 1 is 1.20 bits per heavy atom. The lowest BCUT2D eigenvalue weighted by atomic mass is 9.81. The molecule has 1 aromatic rings. The summed E-state index contributed by atoms with van der Waals surface area (Å²) in [5.74, 6) is 1.93. The average Bonchev–Trinajstić information content (AvgIpc) is 2.47. The number of rotatable bonds is 7. The van der Waals surface area contributed by atoms with E-state index in [0.29, 0.717) is 6.04 Å². The second-order valence-electron chi connectivity index (χ2n) is 6.68. The molecule has 0 bridgehead atoms. The van der Waals surface area contributed by atoms with Gasteiger partial charge < -0.3 is 5.32 Å². The summed E-state index contributed by atoms with van der Waals surface area (Å²) in [6.45, 7) is 5.91. The molecule has 0 aliphatic heterocycles. The van der Waals surface area contributed by atoms with Crippen molar-refractivity contribution in [2.45, 2.75) is 64.8 Å². The van der Waals surface area contributed by atoms with Crippen molar-refractivity contribution in [3.63, 3.8) is 0 Å². The molecule has 0 saturated heterocycles. The first-order valence-electron chi connectivity index (χ1n) is 8.55. The Morgan fingerprint density at radius 2 is 2.00 bits per heavy atom. The van der Waals surface area contributed by atoms with Crippen molar-refractivity contribution in [2.75, 3.05) is 6.54 Å². The van der Waals surface area contributed by atoms with Gasteiger partial charge in [0.05, 0.1) is 0 Å². The highest BCUT2D eigenvalue weighted by atomic mass is 14.9. The highest BCUT2D eigenvalue weighted by Crippen LogP contribution is 2.30. The Hall–Kier alpha value is -0.820. The van der Waals surface area contributed by atoms with Gasteiger partial charge in [-0.1, -0.05) is 63.4 Å². The smallest absolute Gasteiger partial charge is 0.0105 e. The molecule has 3 atom stereocenters. The van der Waals surface area contributed by atoms with E-state index in [0.717, 1.165) is 11.8 Å². The maximum absolute atomic E-state index is 3.78. The van der Waals surface area contributed by atoms with Crippen molar-refractivity contribution < 1.29 is 0 Å². The topological polar surface area (TPSA) is 12.0 Å². The molecule has 0 spiro atoms. The van der Waals surface area contributed by atoms with E-state index in [-0.39, 0.29) is 0 Å². The van der Waals surface area contributed by atoms with Crippen LogP contribution in [0.2, 0.25) is 0 Å². The van der Waals surface area contributed by atoms with Crippen LogP contribution in [0.1, 0.15) is 57.9 Å². The average molecular weight is 273 g/mol. The SMILES string of the molecule is CCC(Cc1ccccc1)NCCC1CCCC(C)C1. The van der Waals surface area contributed by atoms with E-state index >= 15 is 0 Å². The van der Waals surface area contributed by atoms with Crippen LogP contribution in [0.25, 0.3) is 0 Å². The molecule has 3 unspecified atom stereocenters. The van der Waals surface area contributed by atoms with E-state index in [4.69, 9.17) is 0 Å². The van der Waals surface area contributed by atoms with Gasteiger partial charge in [0.15, 0.2) is 0 Å². The van der Waals surface area contributed by atoms with Crippen LogP contribution in [0, 0.1) is 11.8 Å². The molecule has 0 aromatic heterocycles. The fourth-order valence-electron chi connectivity index (χ4n) is 3.57. The highest BCUT2D eigenvalue weighted by Gasteiger charge is 2.18. The van der Waals surface area contributed by atoms with Crippen LogP contribution in [0.4, 0.5) is 0 Å². The summed E-state index contributed by atoms with van der Waals surface area (Å²) < 4.78 is 0. The van der Waals surface area contributed by atoms with Crippen molar-refractivity contribution in [3.05, 3.63) is 35.9 Å². The Morgan fingerprint density at radius 3 is 2.70 bits per heavy atom. The van der Waals surface area contributed by atoms with E-state index < -0.39 is 0 Å². The van der Waals surface area contributed by atoms with Gasteiger partial charge in [0, 0.05) is 6.04 Å². The minimum Gasteiger partial charge on any atom is -0.314 e. The fourth-order valence-corrected chi connectivity index (χ4v) is 3.57. The third kappa shape index (κ3) is 5.28. The van der Waals surface area contributed by atoms with Crippen LogP contribution in [-0.2, 0) is 6.42 Å². The molecule has 1 heteroatoms. The first-order valence-corrected chi connectivity index (χ1v) is 8.55. The Bertz CT molecular complexity index is 359. The molecule has 1 fully saturated rings. The molecule has 20 heavy (non-hydrogen) atoms. The summed E-state index contributed by atoms with van der Waals surface area (Å²) in [6.07, 6.45) is 9.57. The first-order chi connectivity index (χ1) is 9.78. The molecule has 1 aliphatic carbocycles. The van der Waals surface area contributed by atoms with Gasteiger partial charge in [-0.05, 0) is 49.6 Å². The molecule has 1 N–H and O–H groups in total. The van der Waals surface area contributed by atoms with E-state index in [1.807, 2.05) is 0 Å². The second-order valence-corrected chi connectivity index (χ2v) is 6.68. The van der Waals surface area contributed by atoms with Gasteiger partial charge in [-0.25, -0.2) is 0 Å². The molecule has 0 radical (unpaired) electrons. The summed E-state index contributed by atoms with van der Waals surface area (Å²) in [5.41, 5.74) is 1.46. The van der Waals surface area contributed by atoms with E-state index in [1.54, 1.807) is 0 Å². The van der Waals surface area contributed by atoms with Crippen molar-refractivity contribution in [1.82, 2.24) is 5.32 Å². The Labute approximate surface area is 125 Å². The van der Waals surface area contributed by atoms with Crippen LogP contribution in [-0.4, -0.2) is 12.6 Å². The summed E-state index contributed by atoms with van der Waals surface area (Å²) in [5, 5.41) is 3.78. The monoisotopic (exact) mass is 273 g/mol. The Kier molecular flexibility index (Phi) is 6.59. The van der Waals surface area contributed by atoms with Crippen LogP contribution in [0.15, 0.2) is 30.3 Å². The predicted octanol–water partition coefficient (Wildman–Crippen LogP) is 4.81. The quantitative estimate of drug-likeness (QED) is 0.751. The van der Waals surface area contributed by atoms with E-state index in [9.17, 15) is 0 Å². The molecule has 1 aliphatic rings. The van der Waals surface area contributed by atoms with Crippen LogP contribution < -0.4 is 5.32 Å². The van der Waals surface area contributed by atoms with Crippen LogP contribution >= 0.6 is 0 Å². The van der Waals surface area contributed by atoms with Crippen LogP contribution in [0.3, 0.4) is 0 Å². The largest absolute Gasteiger partial charge is 0.314 e. The van der Waals surface area contributed by atoms with E-state index in [1.165, 1.54) is 57.1 Å². The number of nitrogens with one attached hydrogen (secondary N) is 1. The normalized spacial score (nSPS) is 24.5. The molecule has 2 rings (SSSR count). The lowest BCUT2D eigenvalue weighted by molar-refractivity contribution is 0.264. The summed E-state index contributed by atoms with van der Waals surface area (Å²) in [7, 11) is 0. The minimum absolute atomic E-state index is 0.637. The molecule has 1 aromatic carbocycles. The predicted molar refractivity (Wildman–Crippen MR) is 88.0 cm³/mol. The zero-order valence-corrected chi connectivity index (χ0v) is 13.3. The lowest BCUT2D eigenvalue weighted by Crippen LogP contribution is -2.32. The number of hydrogen-bond donors (Lipinski definition) is 1.